The summed E-state index contributed by atoms with van der Waals surface area (Å²) >= 11 is 0. The van der Waals surface area contributed by atoms with Gasteiger partial charge in [-0.25, -0.2) is 4.79 Å². The summed E-state index contributed by atoms with van der Waals surface area (Å²) in [5, 5.41) is 9.38. The quantitative estimate of drug-likeness (QED) is 0.441. The third-order valence-corrected chi connectivity index (χ3v) is 2.97. The topological polar surface area (TPSA) is 84.0 Å². The highest BCUT2D eigenvalue weighted by molar-refractivity contribution is 5.80. The first-order chi connectivity index (χ1) is 11.2. The standard InChI is InChI=1S/C17H36N4O3/c1-8-10-14(21-16(22)24-17(4,5)6)11-19-15(18-9-2)20-13(3)12-23-7/h13-14H,8-12H2,1-7H3,(H,21,22)(H2,18,19,20). The van der Waals surface area contributed by atoms with Gasteiger partial charge in [0.1, 0.15) is 5.60 Å². The first-order valence-corrected chi connectivity index (χ1v) is 8.75. The number of carbonyl (C=O) groups is 1. The first-order valence-electron chi connectivity index (χ1n) is 8.75. The van der Waals surface area contributed by atoms with E-state index in [9.17, 15) is 4.79 Å². The molecule has 0 aromatic carbocycles. The van der Waals surface area contributed by atoms with E-state index < -0.39 is 11.7 Å². The van der Waals surface area contributed by atoms with Crippen LogP contribution >= 0.6 is 0 Å². The Morgan fingerprint density at radius 1 is 1.21 bits per heavy atom. The van der Waals surface area contributed by atoms with Gasteiger partial charge in [0, 0.05) is 19.7 Å². The Hall–Kier alpha value is -1.50. The van der Waals surface area contributed by atoms with Crippen LogP contribution in [0.4, 0.5) is 4.79 Å². The molecule has 0 aliphatic carbocycles. The van der Waals surface area contributed by atoms with Crippen molar-refractivity contribution in [1.29, 1.82) is 0 Å². The van der Waals surface area contributed by atoms with Crippen LogP contribution in [0, 0.1) is 0 Å². The minimum atomic E-state index is -0.504. The number of alkyl carbamates (subject to hydrolysis) is 1. The van der Waals surface area contributed by atoms with Crippen molar-refractivity contribution in [3.8, 4) is 0 Å². The van der Waals surface area contributed by atoms with Crippen molar-refractivity contribution >= 4 is 12.1 Å². The van der Waals surface area contributed by atoms with E-state index in [0.29, 0.717) is 19.1 Å². The molecule has 7 nitrogen and oxygen atoms in total. The highest BCUT2D eigenvalue weighted by Gasteiger charge is 2.19. The molecule has 0 aromatic rings. The Balaban J connectivity index is 4.71. The lowest BCUT2D eigenvalue weighted by molar-refractivity contribution is 0.0503. The first kappa shape index (κ1) is 22.5. The second-order valence-electron chi connectivity index (χ2n) is 6.85. The van der Waals surface area contributed by atoms with Crippen molar-refractivity contribution in [1.82, 2.24) is 16.0 Å². The molecule has 2 unspecified atom stereocenters. The number of rotatable bonds is 9. The van der Waals surface area contributed by atoms with Gasteiger partial charge in [-0.3, -0.25) is 4.99 Å². The van der Waals surface area contributed by atoms with Crippen LogP contribution in [-0.4, -0.2) is 56.5 Å². The van der Waals surface area contributed by atoms with E-state index in [4.69, 9.17) is 9.47 Å². The largest absolute Gasteiger partial charge is 0.444 e. The molecule has 0 saturated carbocycles. The Morgan fingerprint density at radius 3 is 2.38 bits per heavy atom. The van der Waals surface area contributed by atoms with Crippen LogP contribution in [0.15, 0.2) is 4.99 Å². The highest BCUT2D eigenvalue weighted by Crippen LogP contribution is 2.07. The van der Waals surface area contributed by atoms with Crippen molar-refractivity contribution in [2.24, 2.45) is 4.99 Å². The summed E-state index contributed by atoms with van der Waals surface area (Å²) in [6.45, 7) is 13.5. The van der Waals surface area contributed by atoms with E-state index in [-0.39, 0.29) is 12.1 Å². The maximum Gasteiger partial charge on any atom is 0.407 e. The van der Waals surface area contributed by atoms with Crippen LogP contribution in [-0.2, 0) is 9.47 Å². The van der Waals surface area contributed by atoms with Crippen molar-refractivity contribution in [3.63, 3.8) is 0 Å². The molecule has 0 aromatic heterocycles. The van der Waals surface area contributed by atoms with Gasteiger partial charge in [-0.15, -0.1) is 0 Å². The molecule has 0 saturated heterocycles. The number of ether oxygens (including phenoxy) is 2. The van der Waals surface area contributed by atoms with Crippen molar-refractivity contribution in [2.75, 3.05) is 26.8 Å². The maximum absolute atomic E-state index is 11.9. The molecule has 0 aliphatic heterocycles. The average molecular weight is 345 g/mol. The summed E-state index contributed by atoms with van der Waals surface area (Å²) < 4.78 is 10.4. The van der Waals surface area contributed by atoms with Crippen LogP contribution in [0.2, 0.25) is 0 Å². The lowest BCUT2D eigenvalue weighted by Gasteiger charge is -2.23. The summed E-state index contributed by atoms with van der Waals surface area (Å²) in [6, 6.07) is 0.0919. The summed E-state index contributed by atoms with van der Waals surface area (Å²) in [6.07, 6.45) is 1.40. The molecule has 7 heteroatoms. The van der Waals surface area contributed by atoms with Gasteiger partial charge in [0.15, 0.2) is 5.96 Å². The lowest BCUT2D eigenvalue weighted by Crippen LogP contribution is -2.45. The molecule has 2 atom stereocenters. The number of nitrogens with zero attached hydrogens (tertiary/aromatic N) is 1. The minimum absolute atomic E-state index is 0.0574. The Kier molecular flexibility index (Phi) is 11.2. The number of hydrogen-bond donors (Lipinski definition) is 3. The fourth-order valence-corrected chi connectivity index (χ4v) is 2.08. The number of carbonyl (C=O) groups excluding carboxylic acids is 1. The molecule has 0 fully saturated rings. The summed E-state index contributed by atoms with van der Waals surface area (Å²) in [5.74, 6) is 0.717. The zero-order valence-electron chi connectivity index (χ0n) is 16.4. The molecule has 0 spiro atoms. The van der Waals surface area contributed by atoms with Crippen molar-refractivity contribution in [3.05, 3.63) is 0 Å². The smallest absolute Gasteiger partial charge is 0.407 e. The molecule has 142 valence electrons. The number of amides is 1. The summed E-state index contributed by atoms with van der Waals surface area (Å²) in [5.41, 5.74) is -0.504. The molecular weight excluding hydrogens is 308 g/mol. The van der Waals surface area contributed by atoms with Gasteiger partial charge in [-0.2, -0.15) is 0 Å². The van der Waals surface area contributed by atoms with Gasteiger partial charge >= 0.3 is 6.09 Å². The molecule has 0 bridgehead atoms. The Labute approximate surface area is 147 Å². The number of hydrogen-bond acceptors (Lipinski definition) is 4. The molecule has 1 amide bonds. The highest BCUT2D eigenvalue weighted by atomic mass is 16.6. The van der Waals surface area contributed by atoms with Crippen LogP contribution in [0.1, 0.15) is 54.4 Å². The third kappa shape index (κ3) is 12.0. The van der Waals surface area contributed by atoms with Crippen LogP contribution in [0.25, 0.3) is 0 Å². The van der Waals surface area contributed by atoms with Crippen molar-refractivity contribution in [2.45, 2.75) is 72.1 Å². The van der Waals surface area contributed by atoms with E-state index in [1.165, 1.54) is 0 Å². The predicted molar refractivity (Wildman–Crippen MR) is 98.5 cm³/mol. The number of aliphatic imine (C=N–C) groups is 1. The van der Waals surface area contributed by atoms with E-state index in [1.54, 1.807) is 7.11 Å². The number of methoxy groups -OCH3 is 1. The zero-order valence-corrected chi connectivity index (χ0v) is 16.4. The third-order valence-electron chi connectivity index (χ3n) is 2.97. The van der Waals surface area contributed by atoms with Gasteiger partial charge in [-0.05, 0) is 41.0 Å². The second kappa shape index (κ2) is 11.9. The fraction of sp³-hybridized carbons (Fsp3) is 0.882. The molecule has 3 N–H and O–H groups in total. The number of guanidine groups is 1. The van der Waals surface area contributed by atoms with E-state index in [0.717, 1.165) is 19.4 Å². The Bertz CT molecular complexity index is 381. The van der Waals surface area contributed by atoms with Crippen molar-refractivity contribution < 1.29 is 14.3 Å². The molecule has 0 aliphatic rings. The number of nitrogens with one attached hydrogen (secondary N) is 3. The summed E-state index contributed by atoms with van der Waals surface area (Å²) in [7, 11) is 1.67. The van der Waals surface area contributed by atoms with Gasteiger partial charge in [0.05, 0.1) is 19.2 Å². The van der Waals surface area contributed by atoms with Gasteiger partial charge < -0.3 is 25.4 Å². The minimum Gasteiger partial charge on any atom is -0.444 e. The normalized spacial score (nSPS) is 14.7. The van der Waals surface area contributed by atoms with Gasteiger partial charge in [-0.1, -0.05) is 13.3 Å². The lowest BCUT2D eigenvalue weighted by atomic mass is 10.1. The SMILES string of the molecule is CCCC(CN=C(NCC)NC(C)COC)NC(=O)OC(C)(C)C. The summed E-state index contributed by atoms with van der Waals surface area (Å²) in [4.78, 5) is 16.5. The maximum atomic E-state index is 11.9. The van der Waals surface area contributed by atoms with Crippen LogP contribution in [0.3, 0.4) is 0 Å². The monoisotopic (exact) mass is 344 g/mol. The predicted octanol–water partition coefficient (Wildman–Crippen LogP) is 2.27. The van der Waals surface area contributed by atoms with Gasteiger partial charge in [0.25, 0.3) is 0 Å². The molecule has 0 radical (unpaired) electrons. The second-order valence-corrected chi connectivity index (χ2v) is 6.85. The van der Waals surface area contributed by atoms with E-state index in [2.05, 4.69) is 27.9 Å². The molecule has 24 heavy (non-hydrogen) atoms. The zero-order chi connectivity index (χ0) is 18.6. The van der Waals surface area contributed by atoms with Crippen LogP contribution in [0.5, 0.6) is 0 Å². The molecule has 0 rings (SSSR count). The molecular formula is C17H36N4O3. The molecule has 0 heterocycles. The average Bonchev–Trinajstić information content (AvgIpc) is 2.43. The van der Waals surface area contributed by atoms with Crippen LogP contribution < -0.4 is 16.0 Å². The van der Waals surface area contributed by atoms with E-state index >= 15 is 0 Å². The van der Waals surface area contributed by atoms with Gasteiger partial charge in [0.2, 0.25) is 0 Å². The Morgan fingerprint density at radius 2 is 1.88 bits per heavy atom. The fourth-order valence-electron chi connectivity index (χ4n) is 2.08. The van der Waals surface area contributed by atoms with E-state index in [1.807, 2.05) is 34.6 Å².